The van der Waals surface area contributed by atoms with E-state index in [1.54, 1.807) is 11.3 Å². The molecule has 0 saturated carbocycles. The van der Waals surface area contributed by atoms with Crippen LogP contribution in [0.4, 0.5) is 0 Å². The Morgan fingerprint density at radius 3 is 2.22 bits per heavy atom. The van der Waals surface area contributed by atoms with Gasteiger partial charge >= 0.3 is 0 Å². The minimum Gasteiger partial charge on any atom is -0.492 e. The Bertz CT molecular complexity index is 1790. The summed E-state index contributed by atoms with van der Waals surface area (Å²) in [5.41, 5.74) is 4.46. The molecule has 2 aliphatic heterocycles. The van der Waals surface area contributed by atoms with Crippen molar-refractivity contribution in [3.8, 4) is 21.9 Å². The standard InChI is InChI=1S/C39H39ClN2O3S/c40-35-24-30(10-11-31(35)26-42-20-6-7-21-42)38(43)37-34-17-16-33(45-27-28-8-2-1-3-9-28)25-36(34)46-39(37)29-12-14-32(15-13-29)44-23-22-41-18-4-5-19-41/h1-3,8-17,24-25H,4-7,18-23,26-27H2. The van der Waals surface area contributed by atoms with Gasteiger partial charge in [-0.25, -0.2) is 0 Å². The van der Waals surface area contributed by atoms with Gasteiger partial charge in [0.15, 0.2) is 5.78 Å². The fraction of sp³-hybridized carbons (Fsp3) is 0.308. The number of nitrogens with zero attached hydrogens (tertiary/aromatic N) is 2. The molecule has 4 aromatic carbocycles. The Morgan fingerprint density at radius 1 is 0.761 bits per heavy atom. The zero-order valence-corrected chi connectivity index (χ0v) is 27.6. The van der Waals surface area contributed by atoms with Crippen molar-refractivity contribution in [1.82, 2.24) is 9.80 Å². The van der Waals surface area contributed by atoms with Crippen LogP contribution in [0.1, 0.15) is 52.7 Å². The average Bonchev–Trinajstić information content (AvgIpc) is 3.87. The third kappa shape index (κ3) is 7.16. The molecule has 0 atom stereocenters. The van der Waals surface area contributed by atoms with Gasteiger partial charge in [-0.2, -0.15) is 0 Å². The summed E-state index contributed by atoms with van der Waals surface area (Å²) in [6.07, 6.45) is 5.01. The maximum absolute atomic E-state index is 14.3. The normalized spacial score (nSPS) is 15.5. The van der Waals surface area contributed by atoms with E-state index in [0.717, 1.165) is 82.4 Å². The molecule has 0 aliphatic carbocycles. The van der Waals surface area contributed by atoms with Crippen molar-refractivity contribution < 1.29 is 14.3 Å². The fourth-order valence-electron chi connectivity index (χ4n) is 6.48. The Hall–Kier alpha value is -3.68. The zero-order valence-electron chi connectivity index (χ0n) is 26.1. The highest BCUT2D eigenvalue weighted by atomic mass is 35.5. The lowest BCUT2D eigenvalue weighted by Crippen LogP contribution is -2.25. The first kappa shape index (κ1) is 30.9. The number of carbonyl (C=O) groups excluding carboxylic acids is 1. The number of rotatable bonds is 12. The molecule has 1 aromatic heterocycles. The van der Waals surface area contributed by atoms with E-state index in [1.807, 2.05) is 66.7 Å². The third-order valence-corrected chi connectivity index (χ3v) is 10.6. The second kappa shape index (κ2) is 14.4. The largest absolute Gasteiger partial charge is 0.492 e. The zero-order chi connectivity index (χ0) is 31.3. The lowest BCUT2D eigenvalue weighted by molar-refractivity contribution is 0.104. The predicted octanol–water partition coefficient (Wildman–Crippen LogP) is 9.10. The number of ether oxygens (including phenoxy) is 2. The SMILES string of the molecule is O=C(c1ccc(CN2CCCC2)c(Cl)c1)c1c(-c2ccc(OCCN3CCCC3)cc2)sc2cc(OCc3ccccc3)ccc12. The topological polar surface area (TPSA) is 42.0 Å². The molecule has 46 heavy (non-hydrogen) atoms. The first-order valence-electron chi connectivity index (χ1n) is 16.3. The van der Waals surface area contributed by atoms with Crippen molar-refractivity contribution in [2.75, 3.05) is 39.3 Å². The van der Waals surface area contributed by atoms with E-state index in [2.05, 4.69) is 34.1 Å². The van der Waals surface area contributed by atoms with Crippen LogP contribution in [0.15, 0.2) is 91.0 Å². The first-order valence-corrected chi connectivity index (χ1v) is 17.5. The number of likely N-dealkylation sites (tertiary alicyclic amines) is 2. The summed E-state index contributed by atoms with van der Waals surface area (Å²) in [4.78, 5) is 20.1. The van der Waals surface area contributed by atoms with Crippen LogP contribution in [0.5, 0.6) is 11.5 Å². The van der Waals surface area contributed by atoms with Gasteiger partial charge in [-0.05, 0) is 117 Å². The number of fused-ring (bicyclic) bond motifs is 1. The second-order valence-corrected chi connectivity index (χ2v) is 13.7. The summed E-state index contributed by atoms with van der Waals surface area (Å²) >= 11 is 8.40. The van der Waals surface area contributed by atoms with Crippen molar-refractivity contribution >= 4 is 38.8 Å². The lowest BCUT2D eigenvalue weighted by Gasteiger charge is -2.16. The van der Waals surface area contributed by atoms with Gasteiger partial charge < -0.3 is 9.47 Å². The number of hydrogen-bond donors (Lipinski definition) is 0. The molecule has 0 N–H and O–H groups in total. The number of halogens is 1. The quantitative estimate of drug-likeness (QED) is 0.126. The molecule has 2 aliphatic rings. The second-order valence-electron chi connectivity index (χ2n) is 12.3. The van der Waals surface area contributed by atoms with Gasteiger partial charge in [0.1, 0.15) is 24.7 Å². The third-order valence-electron chi connectivity index (χ3n) is 9.04. The van der Waals surface area contributed by atoms with Crippen molar-refractivity contribution in [1.29, 1.82) is 0 Å². The Kier molecular flexibility index (Phi) is 9.68. The van der Waals surface area contributed by atoms with Crippen LogP contribution in [-0.4, -0.2) is 54.9 Å². The summed E-state index contributed by atoms with van der Waals surface area (Å²) in [5, 5.41) is 1.56. The summed E-state index contributed by atoms with van der Waals surface area (Å²) < 4.78 is 13.2. The van der Waals surface area contributed by atoms with Crippen molar-refractivity contribution in [3.05, 3.63) is 118 Å². The number of thiophene rings is 1. The van der Waals surface area contributed by atoms with Crippen LogP contribution < -0.4 is 9.47 Å². The molecule has 0 unspecified atom stereocenters. The first-order chi connectivity index (χ1) is 22.6. The van der Waals surface area contributed by atoms with Gasteiger partial charge in [0.25, 0.3) is 0 Å². The monoisotopic (exact) mass is 650 g/mol. The van der Waals surface area contributed by atoms with Crippen molar-refractivity contribution in [3.63, 3.8) is 0 Å². The smallest absolute Gasteiger partial charge is 0.195 e. The molecule has 5 aromatic rings. The summed E-state index contributed by atoms with van der Waals surface area (Å²) in [6, 6.07) is 30.1. The number of benzene rings is 4. The predicted molar refractivity (Wildman–Crippen MR) is 189 cm³/mol. The molecule has 3 heterocycles. The summed E-state index contributed by atoms with van der Waals surface area (Å²) in [7, 11) is 0. The Balaban J connectivity index is 1.17. The molecule has 236 valence electrons. The van der Waals surface area contributed by atoms with Crippen LogP contribution in [0.25, 0.3) is 20.5 Å². The summed E-state index contributed by atoms with van der Waals surface area (Å²) in [6.45, 7) is 7.45. The van der Waals surface area contributed by atoms with Crippen LogP contribution in [0, 0.1) is 0 Å². The minimum atomic E-state index is -0.0280. The molecule has 5 nitrogen and oxygen atoms in total. The van der Waals surface area contributed by atoms with E-state index in [4.69, 9.17) is 21.1 Å². The molecular weight excluding hydrogens is 612 g/mol. The molecule has 0 spiro atoms. The van der Waals surface area contributed by atoms with Gasteiger partial charge in [0.05, 0.1) is 0 Å². The number of hydrogen-bond acceptors (Lipinski definition) is 6. The lowest BCUT2D eigenvalue weighted by atomic mass is 9.96. The van der Waals surface area contributed by atoms with Gasteiger partial charge in [-0.1, -0.05) is 54.1 Å². The van der Waals surface area contributed by atoms with E-state index in [9.17, 15) is 4.79 Å². The molecule has 7 heteroatoms. The highest BCUT2D eigenvalue weighted by Crippen LogP contribution is 2.42. The highest BCUT2D eigenvalue weighted by molar-refractivity contribution is 7.22. The van der Waals surface area contributed by atoms with E-state index < -0.39 is 0 Å². The molecule has 2 saturated heterocycles. The maximum Gasteiger partial charge on any atom is 0.195 e. The van der Waals surface area contributed by atoms with Crippen LogP contribution in [0.3, 0.4) is 0 Å². The van der Waals surface area contributed by atoms with Crippen LogP contribution >= 0.6 is 22.9 Å². The van der Waals surface area contributed by atoms with Gasteiger partial charge in [0, 0.05) is 44.2 Å². The summed E-state index contributed by atoms with van der Waals surface area (Å²) in [5.74, 6) is 1.59. The van der Waals surface area contributed by atoms with Crippen LogP contribution in [0.2, 0.25) is 5.02 Å². The van der Waals surface area contributed by atoms with Gasteiger partial charge in [0.2, 0.25) is 0 Å². The van der Waals surface area contributed by atoms with Crippen molar-refractivity contribution in [2.45, 2.75) is 38.8 Å². The molecule has 0 radical (unpaired) electrons. The molecule has 2 fully saturated rings. The molecular formula is C39H39ClN2O3S. The molecule has 7 rings (SSSR count). The highest BCUT2D eigenvalue weighted by Gasteiger charge is 2.23. The maximum atomic E-state index is 14.3. The number of carbonyl (C=O) groups is 1. The molecule has 0 bridgehead atoms. The number of ketones is 1. The Labute approximate surface area is 280 Å². The van der Waals surface area contributed by atoms with E-state index in [1.165, 1.54) is 25.7 Å². The average molecular weight is 651 g/mol. The van der Waals surface area contributed by atoms with Crippen molar-refractivity contribution in [2.24, 2.45) is 0 Å². The molecule has 0 amide bonds. The van der Waals surface area contributed by atoms with Gasteiger partial charge in [-0.3, -0.25) is 14.6 Å². The fourth-order valence-corrected chi connectivity index (χ4v) is 7.95. The van der Waals surface area contributed by atoms with Crippen LogP contribution in [-0.2, 0) is 13.2 Å². The minimum absolute atomic E-state index is 0.0280. The van der Waals surface area contributed by atoms with Gasteiger partial charge in [-0.15, -0.1) is 11.3 Å². The van der Waals surface area contributed by atoms with E-state index in [-0.39, 0.29) is 5.78 Å². The van der Waals surface area contributed by atoms with E-state index in [0.29, 0.717) is 29.4 Å². The van der Waals surface area contributed by atoms with E-state index >= 15 is 0 Å². The Morgan fingerprint density at radius 2 is 1.48 bits per heavy atom.